The third-order valence-corrected chi connectivity index (χ3v) is 3.38. The standard InChI is InChI=1S/C10H9ClO2S/c1-13-6-2-9(11)8-4-7(5-12)14-10(8)3-6/h2-4,12H,5H2,1H3. The summed E-state index contributed by atoms with van der Waals surface area (Å²) >= 11 is 7.58. The molecule has 14 heavy (non-hydrogen) atoms. The molecule has 0 spiro atoms. The van der Waals surface area contributed by atoms with Crippen LogP contribution in [0.3, 0.4) is 0 Å². The van der Waals surface area contributed by atoms with Crippen LogP contribution < -0.4 is 4.74 Å². The second kappa shape index (κ2) is 3.77. The Bertz CT molecular complexity index is 464. The van der Waals surface area contributed by atoms with Gasteiger partial charge in [0.05, 0.1) is 18.7 Å². The van der Waals surface area contributed by atoms with Crippen molar-refractivity contribution in [3.8, 4) is 5.75 Å². The zero-order valence-electron chi connectivity index (χ0n) is 7.58. The molecular formula is C10H9ClO2S. The van der Waals surface area contributed by atoms with Crippen LogP contribution in [0.25, 0.3) is 10.1 Å². The monoisotopic (exact) mass is 228 g/mol. The van der Waals surface area contributed by atoms with Gasteiger partial charge in [-0.25, -0.2) is 0 Å². The molecule has 2 nitrogen and oxygen atoms in total. The van der Waals surface area contributed by atoms with Crippen molar-refractivity contribution in [3.63, 3.8) is 0 Å². The maximum atomic E-state index is 8.99. The van der Waals surface area contributed by atoms with Crippen molar-refractivity contribution in [1.82, 2.24) is 0 Å². The van der Waals surface area contributed by atoms with Crippen LogP contribution in [0.15, 0.2) is 18.2 Å². The summed E-state index contributed by atoms with van der Waals surface area (Å²) in [4.78, 5) is 0.912. The minimum atomic E-state index is 0.0536. The average molecular weight is 229 g/mol. The summed E-state index contributed by atoms with van der Waals surface area (Å²) in [6, 6.07) is 5.60. The van der Waals surface area contributed by atoms with Crippen molar-refractivity contribution < 1.29 is 9.84 Å². The van der Waals surface area contributed by atoms with Gasteiger partial charge in [0.2, 0.25) is 0 Å². The molecule has 2 aromatic rings. The van der Waals surface area contributed by atoms with E-state index in [1.165, 1.54) is 11.3 Å². The first-order valence-corrected chi connectivity index (χ1v) is 5.31. The third kappa shape index (κ3) is 1.59. The lowest BCUT2D eigenvalue weighted by molar-refractivity contribution is 0.285. The van der Waals surface area contributed by atoms with Gasteiger partial charge >= 0.3 is 0 Å². The number of thiophene rings is 1. The Morgan fingerprint density at radius 1 is 1.43 bits per heavy atom. The second-order valence-electron chi connectivity index (χ2n) is 2.89. The molecular weight excluding hydrogens is 220 g/mol. The van der Waals surface area contributed by atoms with E-state index in [4.69, 9.17) is 21.4 Å². The maximum Gasteiger partial charge on any atom is 0.121 e. The number of hydrogen-bond donors (Lipinski definition) is 1. The largest absolute Gasteiger partial charge is 0.497 e. The molecule has 0 atom stereocenters. The summed E-state index contributed by atoms with van der Waals surface area (Å²) in [5.74, 6) is 0.744. The highest BCUT2D eigenvalue weighted by Crippen LogP contribution is 2.34. The summed E-state index contributed by atoms with van der Waals surface area (Å²) in [5, 5.41) is 10.6. The van der Waals surface area contributed by atoms with E-state index in [2.05, 4.69) is 0 Å². The normalized spacial score (nSPS) is 10.8. The zero-order valence-corrected chi connectivity index (χ0v) is 9.15. The average Bonchev–Trinajstić information content (AvgIpc) is 2.61. The maximum absolute atomic E-state index is 8.99. The molecule has 1 aromatic heterocycles. The van der Waals surface area contributed by atoms with E-state index in [0.29, 0.717) is 5.02 Å². The molecule has 2 rings (SSSR count). The molecule has 0 fully saturated rings. The summed E-state index contributed by atoms with van der Waals surface area (Å²) in [6.45, 7) is 0.0536. The molecule has 0 radical (unpaired) electrons. The smallest absolute Gasteiger partial charge is 0.121 e. The number of rotatable bonds is 2. The minimum absolute atomic E-state index is 0.0536. The summed E-state index contributed by atoms with van der Waals surface area (Å²) in [7, 11) is 1.61. The van der Waals surface area contributed by atoms with Gasteiger partial charge in [0.1, 0.15) is 5.75 Å². The molecule has 4 heteroatoms. The first-order chi connectivity index (χ1) is 6.74. The fourth-order valence-corrected chi connectivity index (χ4v) is 2.62. The van der Waals surface area contributed by atoms with E-state index in [9.17, 15) is 0 Å². The van der Waals surface area contributed by atoms with Crippen LogP contribution in [-0.2, 0) is 6.61 Å². The van der Waals surface area contributed by atoms with Crippen LogP contribution in [0.2, 0.25) is 5.02 Å². The van der Waals surface area contributed by atoms with E-state index < -0.39 is 0 Å². The summed E-state index contributed by atoms with van der Waals surface area (Å²) < 4.78 is 6.15. The van der Waals surface area contributed by atoms with Gasteiger partial charge in [0.25, 0.3) is 0 Å². The molecule has 1 aromatic carbocycles. The highest BCUT2D eigenvalue weighted by molar-refractivity contribution is 7.19. The number of aliphatic hydroxyl groups excluding tert-OH is 1. The van der Waals surface area contributed by atoms with E-state index >= 15 is 0 Å². The van der Waals surface area contributed by atoms with Crippen molar-refractivity contribution in [2.75, 3.05) is 7.11 Å². The van der Waals surface area contributed by atoms with Crippen molar-refractivity contribution in [2.45, 2.75) is 6.61 Å². The molecule has 0 saturated carbocycles. The second-order valence-corrected chi connectivity index (χ2v) is 4.47. The first kappa shape index (κ1) is 9.77. The number of aliphatic hydroxyl groups is 1. The van der Waals surface area contributed by atoms with Gasteiger partial charge in [0.15, 0.2) is 0 Å². The lowest BCUT2D eigenvalue weighted by atomic mass is 10.2. The first-order valence-electron chi connectivity index (χ1n) is 4.11. The highest BCUT2D eigenvalue weighted by atomic mass is 35.5. The SMILES string of the molecule is COc1cc(Cl)c2cc(CO)sc2c1. The van der Waals surface area contributed by atoms with Crippen molar-refractivity contribution in [3.05, 3.63) is 28.1 Å². The van der Waals surface area contributed by atoms with E-state index in [1.807, 2.05) is 12.1 Å². The number of hydrogen-bond acceptors (Lipinski definition) is 3. The predicted molar refractivity (Wildman–Crippen MR) is 59.3 cm³/mol. The Morgan fingerprint density at radius 2 is 2.21 bits per heavy atom. The van der Waals surface area contributed by atoms with E-state index in [1.54, 1.807) is 13.2 Å². The van der Waals surface area contributed by atoms with Gasteiger partial charge in [-0.1, -0.05) is 11.6 Å². The van der Waals surface area contributed by atoms with Crippen LogP contribution in [0.5, 0.6) is 5.75 Å². The van der Waals surface area contributed by atoms with Gasteiger partial charge in [-0.2, -0.15) is 0 Å². The quantitative estimate of drug-likeness (QED) is 0.856. The van der Waals surface area contributed by atoms with Crippen LogP contribution in [0.4, 0.5) is 0 Å². The molecule has 74 valence electrons. The van der Waals surface area contributed by atoms with Gasteiger partial charge in [-0.05, 0) is 18.2 Å². The molecule has 0 saturated heterocycles. The highest BCUT2D eigenvalue weighted by Gasteiger charge is 2.06. The number of halogens is 1. The van der Waals surface area contributed by atoms with Crippen molar-refractivity contribution >= 4 is 33.0 Å². The fraction of sp³-hybridized carbons (Fsp3) is 0.200. The Balaban J connectivity index is 2.67. The van der Waals surface area contributed by atoms with Gasteiger partial charge < -0.3 is 9.84 Å². The molecule has 0 aliphatic heterocycles. The van der Waals surface area contributed by atoms with E-state index in [-0.39, 0.29) is 6.61 Å². The topological polar surface area (TPSA) is 29.5 Å². The molecule has 0 unspecified atom stereocenters. The van der Waals surface area contributed by atoms with Gasteiger partial charge in [-0.15, -0.1) is 11.3 Å². The fourth-order valence-electron chi connectivity index (χ4n) is 1.32. The number of fused-ring (bicyclic) bond motifs is 1. The van der Waals surface area contributed by atoms with Crippen molar-refractivity contribution in [2.24, 2.45) is 0 Å². The van der Waals surface area contributed by atoms with Crippen molar-refractivity contribution in [1.29, 1.82) is 0 Å². The number of ether oxygens (including phenoxy) is 1. The third-order valence-electron chi connectivity index (χ3n) is 2.00. The van der Waals surface area contributed by atoms with Gasteiger partial charge in [-0.3, -0.25) is 0 Å². The molecule has 0 bridgehead atoms. The van der Waals surface area contributed by atoms with Crippen LogP contribution in [0, 0.1) is 0 Å². The van der Waals surface area contributed by atoms with Crippen LogP contribution in [0.1, 0.15) is 4.88 Å². The number of methoxy groups -OCH3 is 1. The Hall–Kier alpha value is -0.770. The molecule has 0 aliphatic carbocycles. The molecule has 1 N–H and O–H groups in total. The van der Waals surface area contributed by atoms with Crippen LogP contribution >= 0.6 is 22.9 Å². The van der Waals surface area contributed by atoms with Crippen LogP contribution in [-0.4, -0.2) is 12.2 Å². The predicted octanol–water partition coefficient (Wildman–Crippen LogP) is 3.06. The lowest BCUT2D eigenvalue weighted by Crippen LogP contribution is -1.81. The Morgan fingerprint density at radius 3 is 2.86 bits per heavy atom. The van der Waals surface area contributed by atoms with Gasteiger partial charge in [0, 0.05) is 15.0 Å². The number of benzene rings is 1. The Labute approximate surface area is 90.7 Å². The summed E-state index contributed by atoms with van der Waals surface area (Å²) in [5.41, 5.74) is 0. The van der Waals surface area contributed by atoms with E-state index in [0.717, 1.165) is 20.7 Å². The lowest BCUT2D eigenvalue weighted by Gasteiger charge is -2.00. The zero-order chi connectivity index (χ0) is 10.1. The molecule has 0 amide bonds. The minimum Gasteiger partial charge on any atom is -0.497 e. The Kier molecular flexibility index (Phi) is 2.63. The molecule has 0 aliphatic rings. The molecule has 1 heterocycles. The summed E-state index contributed by atoms with van der Waals surface area (Å²) in [6.07, 6.45) is 0.